The predicted molar refractivity (Wildman–Crippen MR) is 131 cm³/mol. The molecule has 0 saturated heterocycles. The first-order valence-corrected chi connectivity index (χ1v) is 10.8. The lowest BCUT2D eigenvalue weighted by atomic mass is 10.0. The molecule has 0 bridgehead atoms. The van der Waals surface area contributed by atoms with Crippen LogP contribution in [-0.2, 0) is 26.6 Å². The smallest absolute Gasteiger partial charge is 0.258 e. The molecule has 1 aromatic carbocycles. The van der Waals surface area contributed by atoms with Crippen LogP contribution in [0.15, 0.2) is 71.9 Å². The van der Waals surface area contributed by atoms with Crippen LogP contribution in [0.1, 0.15) is 17.0 Å². The molecule has 0 unspecified atom stereocenters. The van der Waals surface area contributed by atoms with E-state index < -0.39 is 0 Å². The van der Waals surface area contributed by atoms with Gasteiger partial charge in [0.05, 0.1) is 16.9 Å². The second-order valence-electron chi connectivity index (χ2n) is 8.17. The molecule has 5 aromatic rings. The Morgan fingerprint density at radius 2 is 2.03 bits per heavy atom. The van der Waals surface area contributed by atoms with Crippen molar-refractivity contribution < 1.29 is 4.74 Å². The third-order valence-corrected chi connectivity index (χ3v) is 6.24. The molecule has 0 radical (unpaired) electrons. The molecule has 6 rings (SSSR count). The zero-order valence-corrected chi connectivity index (χ0v) is 19.0. The average molecular weight is 462 g/mol. The highest BCUT2D eigenvalue weighted by molar-refractivity contribution is 5.87. The van der Waals surface area contributed by atoms with Crippen molar-refractivity contribution in [2.75, 3.05) is 6.54 Å². The lowest BCUT2D eigenvalue weighted by Gasteiger charge is -2.14. The number of aryl methyl sites for hydroxylation is 1. The normalized spacial score (nSPS) is 13.1. The summed E-state index contributed by atoms with van der Waals surface area (Å²) in [4.78, 5) is 17.4. The molecule has 8 heteroatoms. The summed E-state index contributed by atoms with van der Waals surface area (Å²) in [6, 6.07) is 15.4. The van der Waals surface area contributed by atoms with Crippen molar-refractivity contribution in [3.63, 3.8) is 0 Å². The summed E-state index contributed by atoms with van der Waals surface area (Å²) in [5.41, 5.74) is 6.29. The summed E-state index contributed by atoms with van der Waals surface area (Å²) in [5, 5.41) is 4.71. The fourth-order valence-electron chi connectivity index (χ4n) is 4.61. The SMILES string of the molecule is Cl.Cn1c2c(c3ccc(-n4ccc(OCc5cn6ccccc6n5)cc4=O)cc31)CCNC2. The van der Waals surface area contributed by atoms with E-state index in [9.17, 15) is 4.79 Å². The average Bonchev–Trinajstić information content (AvgIpc) is 3.37. The van der Waals surface area contributed by atoms with Gasteiger partial charge in [0.15, 0.2) is 0 Å². The van der Waals surface area contributed by atoms with Gasteiger partial charge in [-0.1, -0.05) is 12.1 Å². The molecular weight excluding hydrogens is 438 g/mol. The van der Waals surface area contributed by atoms with Gasteiger partial charge in [0.2, 0.25) is 0 Å². The Hall–Kier alpha value is -3.55. The summed E-state index contributed by atoms with van der Waals surface area (Å²) in [5.74, 6) is 0.532. The number of halogens is 1. The first kappa shape index (κ1) is 21.3. The van der Waals surface area contributed by atoms with Crippen LogP contribution in [0.4, 0.5) is 0 Å². The third-order valence-electron chi connectivity index (χ3n) is 6.24. The number of nitrogens with one attached hydrogen (secondary N) is 1. The number of imidazole rings is 1. The molecule has 0 saturated carbocycles. The van der Waals surface area contributed by atoms with E-state index in [1.165, 1.54) is 22.7 Å². The molecule has 168 valence electrons. The van der Waals surface area contributed by atoms with Crippen LogP contribution >= 0.6 is 12.4 Å². The van der Waals surface area contributed by atoms with Crippen LogP contribution in [0.2, 0.25) is 0 Å². The van der Waals surface area contributed by atoms with Gasteiger partial charge in [-0.05, 0) is 48.9 Å². The van der Waals surface area contributed by atoms with Crippen LogP contribution in [0.5, 0.6) is 5.75 Å². The standard InChI is InChI=1S/C25H23N5O2.ClH/c1-28-22-12-18(5-6-20(22)21-7-9-26-14-23(21)28)30-11-8-19(13-25(30)31)32-16-17-15-29-10-3-2-4-24(29)27-17;/h2-6,8,10-13,15,26H,7,9,14,16H2,1H3;1H. The molecule has 1 aliphatic rings. The largest absolute Gasteiger partial charge is 0.487 e. The second kappa shape index (κ2) is 8.42. The molecule has 4 aromatic heterocycles. The quantitative estimate of drug-likeness (QED) is 0.444. The Bertz CT molecular complexity index is 1500. The molecule has 1 N–H and O–H groups in total. The molecule has 0 atom stereocenters. The fraction of sp³-hybridized carbons (Fsp3) is 0.200. The predicted octanol–water partition coefficient (Wildman–Crippen LogP) is 3.62. The number of rotatable bonds is 4. The monoisotopic (exact) mass is 461 g/mol. The Balaban J connectivity index is 0.00000228. The van der Waals surface area contributed by atoms with Gasteiger partial charge in [-0.15, -0.1) is 12.4 Å². The number of benzene rings is 1. The van der Waals surface area contributed by atoms with Crippen LogP contribution in [-0.4, -0.2) is 25.1 Å². The highest BCUT2D eigenvalue weighted by atomic mass is 35.5. The lowest BCUT2D eigenvalue weighted by Crippen LogP contribution is -2.24. The van der Waals surface area contributed by atoms with Crippen molar-refractivity contribution in [2.24, 2.45) is 7.05 Å². The van der Waals surface area contributed by atoms with Gasteiger partial charge in [-0.25, -0.2) is 4.98 Å². The van der Waals surface area contributed by atoms with Crippen molar-refractivity contribution in [3.8, 4) is 11.4 Å². The minimum atomic E-state index is -0.127. The van der Waals surface area contributed by atoms with Gasteiger partial charge in [0.25, 0.3) is 5.56 Å². The minimum absolute atomic E-state index is 0. The Kier molecular flexibility index (Phi) is 5.44. The van der Waals surface area contributed by atoms with Crippen LogP contribution in [0, 0.1) is 0 Å². The van der Waals surface area contributed by atoms with Crippen molar-refractivity contribution in [1.29, 1.82) is 0 Å². The molecule has 0 fully saturated rings. The van der Waals surface area contributed by atoms with Crippen LogP contribution < -0.4 is 15.6 Å². The van der Waals surface area contributed by atoms with E-state index in [-0.39, 0.29) is 18.0 Å². The number of fused-ring (bicyclic) bond motifs is 4. The minimum Gasteiger partial charge on any atom is -0.487 e. The molecule has 0 spiro atoms. The van der Waals surface area contributed by atoms with Crippen molar-refractivity contribution in [1.82, 2.24) is 23.8 Å². The molecule has 7 nitrogen and oxygen atoms in total. The number of hydrogen-bond donors (Lipinski definition) is 1. The maximum atomic E-state index is 12.9. The first-order valence-electron chi connectivity index (χ1n) is 10.8. The van der Waals surface area contributed by atoms with E-state index in [1.54, 1.807) is 10.8 Å². The summed E-state index contributed by atoms with van der Waals surface area (Å²) in [7, 11) is 2.09. The van der Waals surface area contributed by atoms with E-state index >= 15 is 0 Å². The highest BCUT2D eigenvalue weighted by Gasteiger charge is 2.18. The summed E-state index contributed by atoms with van der Waals surface area (Å²) in [6.07, 6.45) is 6.68. The van der Waals surface area contributed by atoms with Gasteiger partial charge in [-0.3, -0.25) is 9.36 Å². The Morgan fingerprint density at radius 3 is 2.88 bits per heavy atom. The molecule has 0 amide bonds. The molecule has 33 heavy (non-hydrogen) atoms. The van der Waals surface area contributed by atoms with E-state index in [4.69, 9.17) is 4.74 Å². The van der Waals surface area contributed by atoms with Gasteiger partial charge >= 0.3 is 0 Å². The maximum Gasteiger partial charge on any atom is 0.258 e. The van der Waals surface area contributed by atoms with Crippen molar-refractivity contribution >= 4 is 29.0 Å². The van der Waals surface area contributed by atoms with Crippen LogP contribution in [0.3, 0.4) is 0 Å². The Labute approximate surface area is 196 Å². The van der Waals surface area contributed by atoms with Crippen LogP contribution in [0.25, 0.3) is 22.2 Å². The van der Waals surface area contributed by atoms with Gasteiger partial charge < -0.3 is 19.0 Å². The molecule has 1 aliphatic heterocycles. The fourth-order valence-corrected chi connectivity index (χ4v) is 4.61. The number of aromatic nitrogens is 4. The number of hydrogen-bond acceptors (Lipinski definition) is 4. The second-order valence-corrected chi connectivity index (χ2v) is 8.17. The van der Waals surface area contributed by atoms with Crippen molar-refractivity contribution in [2.45, 2.75) is 19.6 Å². The zero-order valence-electron chi connectivity index (χ0n) is 18.2. The van der Waals surface area contributed by atoms with E-state index in [0.29, 0.717) is 12.4 Å². The van der Waals surface area contributed by atoms with Gasteiger partial charge in [0.1, 0.15) is 18.0 Å². The summed E-state index contributed by atoms with van der Waals surface area (Å²) < 4.78 is 11.7. The first-order chi connectivity index (χ1) is 15.7. The van der Waals surface area contributed by atoms with Crippen molar-refractivity contribution in [3.05, 3.63) is 94.4 Å². The molecule has 5 heterocycles. The lowest BCUT2D eigenvalue weighted by molar-refractivity contribution is 0.301. The van der Waals surface area contributed by atoms with E-state index in [0.717, 1.165) is 42.1 Å². The van der Waals surface area contributed by atoms with Gasteiger partial charge in [0, 0.05) is 49.3 Å². The third kappa shape index (κ3) is 3.69. The zero-order chi connectivity index (χ0) is 21.7. The maximum absolute atomic E-state index is 12.9. The van der Waals surface area contributed by atoms with Gasteiger partial charge in [-0.2, -0.15) is 0 Å². The summed E-state index contributed by atoms with van der Waals surface area (Å²) in [6.45, 7) is 2.19. The summed E-state index contributed by atoms with van der Waals surface area (Å²) >= 11 is 0. The molecular formula is C25H24ClN5O2. The number of ether oxygens (including phenoxy) is 1. The van der Waals surface area contributed by atoms with E-state index in [2.05, 4.69) is 34.0 Å². The molecule has 0 aliphatic carbocycles. The van der Waals surface area contributed by atoms with E-state index in [1.807, 2.05) is 47.1 Å². The number of nitrogens with zero attached hydrogens (tertiary/aromatic N) is 4. The number of pyridine rings is 2. The Morgan fingerprint density at radius 1 is 1.12 bits per heavy atom. The topological polar surface area (TPSA) is 65.5 Å². The highest BCUT2D eigenvalue weighted by Crippen LogP contribution is 2.29.